The average molecular weight is 403 g/mol. The summed E-state index contributed by atoms with van der Waals surface area (Å²) in [6.45, 7) is 1.64. The monoisotopic (exact) mass is 402 g/mol. The fraction of sp³-hybridized carbons (Fsp3) is 0.235. The van der Waals surface area contributed by atoms with E-state index in [1.807, 2.05) is 0 Å². The van der Waals surface area contributed by atoms with Gasteiger partial charge in [0.2, 0.25) is 15.9 Å². The maximum Gasteiger partial charge on any atom is 0.248 e. The van der Waals surface area contributed by atoms with Crippen molar-refractivity contribution in [2.75, 3.05) is 15.9 Å². The van der Waals surface area contributed by atoms with Crippen molar-refractivity contribution in [3.05, 3.63) is 59.1 Å². The van der Waals surface area contributed by atoms with Crippen LogP contribution in [-0.2, 0) is 14.8 Å². The summed E-state index contributed by atoms with van der Waals surface area (Å²) in [7, 11) is -3.80. The van der Waals surface area contributed by atoms with E-state index < -0.39 is 33.6 Å². The van der Waals surface area contributed by atoms with Crippen LogP contribution in [0.2, 0.25) is 5.02 Å². The van der Waals surface area contributed by atoms with Crippen molar-refractivity contribution in [1.82, 2.24) is 0 Å². The van der Waals surface area contributed by atoms with Gasteiger partial charge >= 0.3 is 0 Å². The fourth-order valence-electron chi connectivity index (χ4n) is 2.45. The van der Waals surface area contributed by atoms with Crippen molar-refractivity contribution in [3.8, 4) is 0 Å². The predicted molar refractivity (Wildman–Crippen MR) is 97.8 cm³/mol. The second-order valence-electron chi connectivity index (χ2n) is 5.58. The summed E-state index contributed by atoms with van der Waals surface area (Å²) in [6, 6.07) is 7.79. The van der Waals surface area contributed by atoms with E-state index in [4.69, 9.17) is 11.6 Å². The van der Waals surface area contributed by atoms with Gasteiger partial charge in [0.15, 0.2) is 11.6 Å². The lowest BCUT2D eigenvalue weighted by atomic mass is 10.1. The lowest BCUT2D eigenvalue weighted by Gasteiger charge is -2.30. The molecule has 0 spiro atoms. The molecular formula is C17H17ClF2N2O3S. The minimum Gasteiger partial charge on any atom is -0.324 e. The third-order valence-electron chi connectivity index (χ3n) is 3.60. The summed E-state index contributed by atoms with van der Waals surface area (Å²) in [4.78, 5) is 12.6. The minimum atomic E-state index is -3.80. The van der Waals surface area contributed by atoms with E-state index in [1.54, 1.807) is 6.92 Å². The molecule has 2 aromatic carbocycles. The van der Waals surface area contributed by atoms with Gasteiger partial charge in [-0.05, 0) is 42.8 Å². The Labute approximate surface area is 155 Å². The molecule has 2 rings (SSSR count). The zero-order chi connectivity index (χ0) is 19.5. The molecule has 0 aliphatic carbocycles. The Bertz CT molecular complexity index is 905. The van der Waals surface area contributed by atoms with Crippen LogP contribution in [0.3, 0.4) is 0 Å². The Hall–Kier alpha value is -2.19. The third-order valence-corrected chi connectivity index (χ3v) is 5.03. The highest BCUT2D eigenvalue weighted by molar-refractivity contribution is 7.92. The van der Waals surface area contributed by atoms with Crippen LogP contribution in [-0.4, -0.2) is 26.6 Å². The van der Waals surface area contributed by atoms with Gasteiger partial charge in [-0.1, -0.05) is 18.5 Å². The number of halogens is 3. The molecular weight excluding hydrogens is 386 g/mol. The second kappa shape index (κ2) is 8.01. The third kappa shape index (κ3) is 4.70. The van der Waals surface area contributed by atoms with Gasteiger partial charge in [0, 0.05) is 16.8 Å². The number of amides is 1. The normalized spacial score (nSPS) is 12.5. The maximum atomic E-state index is 13.3. The Morgan fingerprint density at radius 3 is 2.27 bits per heavy atom. The first-order valence-electron chi connectivity index (χ1n) is 7.64. The molecule has 1 atom stereocenters. The van der Waals surface area contributed by atoms with Crippen LogP contribution < -0.4 is 9.62 Å². The second-order valence-corrected chi connectivity index (χ2v) is 7.87. The molecule has 0 heterocycles. The van der Waals surface area contributed by atoms with E-state index in [9.17, 15) is 22.0 Å². The van der Waals surface area contributed by atoms with Crippen molar-refractivity contribution < 1.29 is 22.0 Å². The van der Waals surface area contributed by atoms with Gasteiger partial charge in [-0.25, -0.2) is 17.2 Å². The van der Waals surface area contributed by atoms with Gasteiger partial charge in [0.1, 0.15) is 6.04 Å². The summed E-state index contributed by atoms with van der Waals surface area (Å²) in [5.41, 5.74) is 0.293. The minimum absolute atomic E-state index is 0.0249. The highest BCUT2D eigenvalue weighted by atomic mass is 35.5. The molecule has 1 N–H and O–H groups in total. The quantitative estimate of drug-likeness (QED) is 0.799. The SMILES string of the molecule is CC[C@@H](C(=O)Nc1ccc(F)c(F)c1)N(c1ccc(Cl)cc1)S(C)(=O)=O. The highest BCUT2D eigenvalue weighted by Gasteiger charge is 2.31. The van der Waals surface area contributed by atoms with E-state index in [0.29, 0.717) is 5.02 Å². The number of rotatable bonds is 6. The van der Waals surface area contributed by atoms with Crippen LogP contribution in [0.15, 0.2) is 42.5 Å². The number of benzene rings is 2. The number of nitrogens with one attached hydrogen (secondary N) is 1. The van der Waals surface area contributed by atoms with Crippen molar-refractivity contribution in [2.45, 2.75) is 19.4 Å². The lowest BCUT2D eigenvalue weighted by Crippen LogP contribution is -2.47. The molecule has 0 bridgehead atoms. The topological polar surface area (TPSA) is 66.5 Å². The molecule has 0 radical (unpaired) electrons. The molecule has 0 saturated heterocycles. The van der Waals surface area contributed by atoms with E-state index in [2.05, 4.69) is 5.32 Å². The maximum absolute atomic E-state index is 13.3. The van der Waals surface area contributed by atoms with Crippen molar-refractivity contribution in [1.29, 1.82) is 0 Å². The van der Waals surface area contributed by atoms with E-state index >= 15 is 0 Å². The van der Waals surface area contributed by atoms with Crippen LogP contribution in [0.5, 0.6) is 0 Å². The highest BCUT2D eigenvalue weighted by Crippen LogP contribution is 2.25. The molecule has 0 saturated carbocycles. The molecule has 2 aromatic rings. The van der Waals surface area contributed by atoms with E-state index in [1.165, 1.54) is 30.3 Å². The Kier molecular flexibility index (Phi) is 6.20. The number of sulfonamides is 1. The Morgan fingerprint density at radius 1 is 1.15 bits per heavy atom. The predicted octanol–water partition coefficient (Wildman–Crippen LogP) is 3.80. The van der Waals surface area contributed by atoms with Crippen LogP contribution in [0.25, 0.3) is 0 Å². The Balaban J connectivity index is 2.36. The van der Waals surface area contributed by atoms with E-state index in [0.717, 1.165) is 22.7 Å². The molecule has 0 fully saturated rings. The zero-order valence-electron chi connectivity index (χ0n) is 14.0. The largest absolute Gasteiger partial charge is 0.324 e. The first-order chi connectivity index (χ1) is 12.1. The lowest BCUT2D eigenvalue weighted by molar-refractivity contribution is -0.117. The molecule has 1 amide bonds. The molecule has 0 aliphatic heterocycles. The number of carbonyl (C=O) groups is 1. The van der Waals surface area contributed by atoms with Gasteiger partial charge in [-0.2, -0.15) is 0 Å². The van der Waals surface area contributed by atoms with Gasteiger partial charge in [0.25, 0.3) is 0 Å². The number of hydrogen-bond donors (Lipinski definition) is 1. The standard InChI is InChI=1S/C17H17ClF2N2O3S/c1-3-16(17(23)21-12-6-9-14(19)15(20)10-12)22(26(2,24)25)13-7-4-11(18)5-8-13/h4-10,16H,3H2,1-2H3,(H,21,23)/t16-/m0/s1. The molecule has 0 aromatic heterocycles. The molecule has 26 heavy (non-hydrogen) atoms. The van der Waals surface area contributed by atoms with Crippen LogP contribution in [0.4, 0.5) is 20.2 Å². The smallest absolute Gasteiger partial charge is 0.248 e. The summed E-state index contributed by atoms with van der Waals surface area (Å²) < 4.78 is 51.9. The summed E-state index contributed by atoms with van der Waals surface area (Å²) >= 11 is 5.83. The van der Waals surface area contributed by atoms with Crippen LogP contribution in [0, 0.1) is 11.6 Å². The average Bonchev–Trinajstić information content (AvgIpc) is 2.56. The Morgan fingerprint density at radius 2 is 1.77 bits per heavy atom. The summed E-state index contributed by atoms with van der Waals surface area (Å²) in [6.07, 6.45) is 1.14. The molecule has 0 aliphatic rings. The van der Waals surface area contributed by atoms with Crippen molar-refractivity contribution in [2.24, 2.45) is 0 Å². The van der Waals surface area contributed by atoms with Crippen molar-refractivity contribution in [3.63, 3.8) is 0 Å². The van der Waals surface area contributed by atoms with Crippen molar-refractivity contribution >= 4 is 38.9 Å². The van der Waals surface area contributed by atoms with Gasteiger partial charge in [-0.3, -0.25) is 9.10 Å². The number of anilines is 2. The first kappa shape index (κ1) is 20.1. The molecule has 0 unspecified atom stereocenters. The van der Waals surface area contributed by atoms with Crippen LogP contribution in [0.1, 0.15) is 13.3 Å². The van der Waals surface area contributed by atoms with Crippen LogP contribution >= 0.6 is 11.6 Å². The molecule has 140 valence electrons. The summed E-state index contributed by atoms with van der Waals surface area (Å²) in [5.74, 6) is -2.83. The first-order valence-corrected chi connectivity index (χ1v) is 9.87. The fourth-order valence-corrected chi connectivity index (χ4v) is 3.79. The summed E-state index contributed by atoms with van der Waals surface area (Å²) in [5, 5.41) is 2.83. The van der Waals surface area contributed by atoms with Gasteiger partial charge in [0.05, 0.1) is 11.9 Å². The van der Waals surface area contributed by atoms with Gasteiger partial charge < -0.3 is 5.32 Å². The van der Waals surface area contributed by atoms with E-state index in [-0.39, 0.29) is 17.8 Å². The molecule has 9 heteroatoms. The number of hydrogen-bond acceptors (Lipinski definition) is 3. The zero-order valence-corrected chi connectivity index (χ0v) is 15.6. The molecule has 5 nitrogen and oxygen atoms in total. The van der Waals surface area contributed by atoms with Gasteiger partial charge in [-0.15, -0.1) is 0 Å². The number of nitrogens with zero attached hydrogens (tertiary/aromatic N) is 1. The number of carbonyl (C=O) groups excluding carboxylic acids is 1.